The number of nitrogens with one attached hydrogen (secondary N) is 1. The van der Waals surface area contributed by atoms with E-state index in [9.17, 15) is 9.90 Å². The van der Waals surface area contributed by atoms with Crippen molar-refractivity contribution in [3.63, 3.8) is 0 Å². The molecule has 2 N–H and O–H groups in total. The van der Waals surface area contributed by atoms with Crippen LogP contribution in [0.25, 0.3) is 16.5 Å². The molecule has 2 rings (SSSR count). The highest BCUT2D eigenvalue weighted by Gasteiger charge is 2.14. The van der Waals surface area contributed by atoms with Crippen LogP contribution in [-0.4, -0.2) is 10.1 Å². The van der Waals surface area contributed by atoms with E-state index in [-0.39, 0.29) is 16.9 Å². The number of hydrogen-bond acceptors (Lipinski definition) is 3. The Labute approximate surface area is 116 Å². The van der Waals surface area contributed by atoms with Crippen LogP contribution in [0.4, 0.5) is 0 Å². The summed E-state index contributed by atoms with van der Waals surface area (Å²) >= 11 is 0. The van der Waals surface area contributed by atoms with E-state index in [1.807, 2.05) is 13.0 Å². The van der Waals surface area contributed by atoms with Crippen molar-refractivity contribution < 1.29 is 5.11 Å². The number of fused-ring (bicyclic) bond motifs is 1. The molecular formula is C16H14N2O2. The van der Waals surface area contributed by atoms with Gasteiger partial charge >= 0.3 is 0 Å². The van der Waals surface area contributed by atoms with E-state index in [1.165, 1.54) is 0 Å². The standard InChI is InChI=1S/C16H14N2O2/c1-3-5-11(4-2)14-15(19)12-8-10(9-17)6-7-13(12)18-16(14)20/h3-8H,1-2H3,(H2,18,19,20)/b5-3-,11-4+. The number of rotatable bonds is 2. The molecule has 0 bridgehead atoms. The molecule has 0 amide bonds. The fourth-order valence-corrected chi connectivity index (χ4v) is 2.12. The Morgan fingerprint density at radius 1 is 1.40 bits per heavy atom. The Bertz CT molecular complexity index is 821. The lowest BCUT2D eigenvalue weighted by molar-refractivity contribution is 0.479. The van der Waals surface area contributed by atoms with Gasteiger partial charge in [0.05, 0.1) is 22.7 Å². The number of nitrogens with zero attached hydrogens (tertiary/aromatic N) is 1. The predicted molar refractivity (Wildman–Crippen MR) is 79.4 cm³/mol. The molecule has 0 aliphatic heterocycles. The van der Waals surface area contributed by atoms with Gasteiger partial charge in [-0.05, 0) is 37.6 Å². The second-order valence-corrected chi connectivity index (χ2v) is 4.29. The zero-order valence-electron chi connectivity index (χ0n) is 11.3. The van der Waals surface area contributed by atoms with Crippen LogP contribution in [0.15, 0.2) is 41.2 Å². The van der Waals surface area contributed by atoms with Gasteiger partial charge in [-0.2, -0.15) is 5.26 Å². The SMILES string of the molecule is C/C=C\C(=C/C)c1c(O)c2cc(C#N)ccc2[nH]c1=O. The monoisotopic (exact) mass is 266 g/mol. The largest absolute Gasteiger partial charge is 0.506 e. The summed E-state index contributed by atoms with van der Waals surface area (Å²) in [6, 6.07) is 6.79. The summed E-state index contributed by atoms with van der Waals surface area (Å²) in [5.74, 6) is -0.105. The Hall–Kier alpha value is -2.80. The van der Waals surface area contributed by atoms with Crippen molar-refractivity contribution in [1.82, 2.24) is 4.98 Å². The molecule has 0 aliphatic carbocycles. The summed E-state index contributed by atoms with van der Waals surface area (Å²) in [5.41, 5.74) is 1.43. The lowest BCUT2D eigenvalue weighted by atomic mass is 10.0. The predicted octanol–water partition coefficient (Wildman–Crippen LogP) is 3.08. The van der Waals surface area contributed by atoms with Gasteiger partial charge in [-0.15, -0.1) is 0 Å². The summed E-state index contributed by atoms with van der Waals surface area (Å²) in [4.78, 5) is 14.9. The second-order valence-electron chi connectivity index (χ2n) is 4.29. The highest BCUT2D eigenvalue weighted by molar-refractivity contribution is 5.92. The van der Waals surface area contributed by atoms with E-state index in [2.05, 4.69) is 4.98 Å². The maximum absolute atomic E-state index is 12.1. The van der Waals surface area contributed by atoms with E-state index in [1.54, 1.807) is 43.4 Å². The molecule has 0 saturated heterocycles. The topological polar surface area (TPSA) is 76.9 Å². The first kappa shape index (κ1) is 13.6. The minimum Gasteiger partial charge on any atom is -0.506 e. The van der Waals surface area contributed by atoms with E-state index in [4.69, 9.17) is 5.26 Å². The molecular weight excluding hydrogens is 252 g/mol. The van der Waals surface area contributed by atoms with Crippen molar-refractivity contribution in [2.75, 3.05) is 0 Å². The third kappa shape index (κ3) is 2.21. The van der Waals surface area contributed by atoms with Gasteiger partial charge in [0, 0.05) is 5.39 Å². The molecule has 0 atom stereocenters. The van der Waals surface area contributed by atoms with E-state index >= 15 is 0 Å². The molecule has 0 unspecified atom stereocenters. The van der Waals surface area contributed by atoms with Crippen LogP contribution in [0.5, 0.6) is 5.75 Å². The summed E-state index contributed by atoms with van der Waals surface area (Å²) < 4.78 is 0. The number of pyridine rings is 1. The highest BCUT2D eigenvalue weighted by atomic mass is 16.3. The van der Waals surface area contributed by atoms with Gasteiger partial charge in [0.15, 0.2) is 0 Å². The van der Waals surface area contributed by atoms with Crippen LogP contribution in [-0.2, 0) is 0 Å². The first-order valence-electron chi connectivity index (χ1n) is 6.20. The molecule has 0 saturated carbocycles. The smallest absolute Gasteiger partial charge is 0.260 e. The van der Waals surface area contributed by atoms with Crippen LogP contribution in [0.2, 0.25) is 0 Å². The third-order valence-electron chi connectivity index (χ3n) is 3.06. The fourth-order valence-electron chi connectivity index (χ4n) is 2.12. The summed E-state index contributed by atoms with van der Waals surface area (Å²) in [7, 11) is 0. The van der Waals surface area contributed by atoms with Crippen molar-refractivity contribution in [1.29, 1.82) is 5.26 Å². The Morgan fingerprint density at radius 3 is 2.75 bits per heavy atom. The second kappa shape index (κ2) is 5.45. The van der Waals surface area contributed by atoms with Crippen LogP contribution < -0.4 is 5.56 Å². The van der Waals surface area contributed by atoms with Crippen molar-refractivity contribution in [2.45, 2.75) is 13.8 Å². The quantitative estimate of drug-likeness (QED) is 0.820. The van der Waals surface area contributed by atoms with E-state index < -0.39 is 0 Å². The van der Waals surface area contributed by atoms with Gasteiger partial charge in [-0.25, -0.2) is 0 Å². The molecule has 0 radical (unpaired) electrons. The first-order valence-corrected chi connectivity index (χ1v) is 6.20. The molecule has 1 aromatic heterocycles. The molecule has 0 fully saturated rings. The fraction of sp³-hybridized carbons (Fsp3) is 0.125. The molecule has 0 aliphatic rings. The number of aromatic hydroxyl groups is 1. The average Bonchev–Trinajstić information content (AvgIpc) is 2.46. The molecule has 1 aromatic carbocycles. The van der Waals surface area contributed by atoms with E-state index in [0.717, 1.165) is 0 Å². The summed E-state index contributed by atoms with van der Waals surface area (Å²) in [6.07, 6.45) is 5.30. The number of hydrogen-bond donors (Lipinski definition) is 2. The van der Waals surface area contributed by atoms with Gasteiger partial charge in [0.2, 0.25) is 0 Å². The Morgan fingerprint density at radius 2 is 2.15 bits per heavy atom. The number of aromatic amines is 1. The van der Waals surface area contributed by atoms with Crippen LogP contribution in [0.3, 0.4) is 0 Å². The summed E-state index contributed by atoms with van der Waals surface area (Å²) in [6.45, 7) is 3.63. The zero-order chi connectivity index (χ0) is 14.7. The molecule has 0 spiro atoms. The zero-order valence-corrected chi connectivity index (χ0v) is 11.3. The normalized spacial score (nSPS) is 11.9. The van der Waals surface area contributed by atoms with Gasteiger partial charge < -0.3 is 10.1 Å². The van der Waals surface area contributed by atoms with Crippen molar-refractivity contribution in [3.05, 3.63) is 57.9 Å². The van der Waals surface area contributed by atoms with Crippen LogP contribution in [0, 0.1) is 11.3 Å². The van der Waals surface area contributed by atoms with Gasteiger partial charge in [0.1, 0.15) is 5.75 Å². The van der Waals surface area contributed by atoms with Gasteiger partial charge in [-0.1, -0.05) is 18.2 Å². The molecule has 100 valence electrons. The van der Waals surface area contributed by atoms with Gasteiger partial charge in [-0.3, -0.25) is 4.79 Å². The Balaban J connectivity index is 2.86. The number of benzene rings is 1. The molecule has 20 heavy (non-hydrogen) atoms. The maximum Gasteiger partial charge on any atom is 0.260 e. The van der Waals surface area contributed by atoms with E-state index in [0.29, 0.717) is 22.0 Å². The number of allylic oxidation sites excluding steroid dienone is 4. The van der Waals surface area contributed by atoms with Crippen molar-refractivity contribution >= 4 is 16.5 Å². The first-order chi connectivity index (χ1) is 9.62. The van der Waals surface area contributed by atoms with Gasteiger partial charge in [0.25, 0.3) is 5.56 Å². The Kier molecular flexibility index (Phi) is 3.72. The third-order valence-corrected chi connectivity index (χ3v) is 3.06. The average molecular weight is 266 g/mol. The number of H-pyrrole nitrogens is 1. The lowest BCUT2D eigenvalue weighted by Gasteiger charge is -2.08. The molecule has 4 heteroatoms. The number of nitriles is 1. The highest BCUT2D eigenvalue weighted by Crippen LogP contribution is 2.30. The number of aromatic nitrogens is 1. The molecule has 2 aromatic rings. The van der Waals surface area contributed by atoms with Crippen molar-refractivity contribution in [3.8, 4) is 11.8 Å². The van der Waals surface area contributed by atoms with Crippen LogP contribution in [0.1, 0.15) is 25.0 Å². The van der Waals surface area contributed by atoms with Crippen molar-refractivity contribution in [2.24, 2.45) is 0 Å². The summed E-state index contributed by atoms with van der Waals surface area (Å²) in [5, 5.41) is 19.8. The van der Waals surface area contributed by atoms with Crippen LogP contribution >= 0.6 is 0 Å². The lowest BCUT2D eigenvalue weighted by Crippen LogP contribution is -2.12. The molecule has 1 heterocycles. The molecule has 4 nitrogen and oxygen atoms in total. The minimum atomic E-state index is -0.356. The maximum atomic E-state index is 12.1. The minimum absolute atomic E-state index is 0.105.